The van der Waals surface area contributed by atoms with E-state index < -0.39 is 36.1 Å². The second-order valence-corrected chi connectivity index (χ2v) is 10.7. The van der Waals surface area contributed by atoms with Crippen molar-refractivity contribution in [1.29, 1.82) is 0 Å². The molecule has 46 heavy (non-hydrogen) atoms. The van der Waals surface area contributed by atoms with E-state index in [1.807, 2.05) is 49.4 Å². The summed E-state index contributed by atoms with van der Waals surface area (Å²) in [6.07, 6.45) is 1.10. The summed E-state index contributed by atoms with van der Waals surface area (Å²) in [7, 11) is 0. The van der Waals surface area contributed by atoms with E-state index in [4.69, 9.17) is 14.2 Å². The lowest BCUT2D eigenvalue weighted by Gasteiger charge is -2.30. The second-order valence-electron chi connectivity index (χ2n) is 10.7. The molecule has 3 amide bonds. The number of nitrogens with zero attached hydrogens (tertiary/aromatic N) is 2. The molecule has 11 nitrogen and oxygen atoms in total. The fourth-order valence-electron chi connectivity index (χ4n) is 4.55. The quantitative estimate of drug-likeness (QED) is 0.137. The minimum Gasteiger partial charge on any atom is -0.459 e. The highest BCUT2D eigenvalue weighted by Gasteiger charge is 2.40. The van der Waals surface area contributed by atoms with Gasteiger partial charge < -0.3 is 24.5 Å². The lowest BCUT2D eigenvalue weighted by atomic mass is 9.98. The van der Waals surface area contributed by atoms with Crippen LogP contribution in [0.4, 0.5) is 9.59 Å². The predicted molar refractivity (Wildman–Crippen MR) is 169 cm³/mol. The van der Waals surface area contributed by atoms with Crippen molar-refractivity contribution in [1.82, 2.24) is 20.2 Å². The van der Waals surface area contributed by atoms with Crippen molar-refractivity contribution >= 4 is 24.1 Å². The Morgan fingerprint density at radius 2 is 1.24 bits per heavy atom. The van der Waals surface area contributed by atoms with E-state index in [9.17, 15) is 19.2 Å². The van der Waals surface area contributed by atoms with Gasteiger partial charge in [0, 0.05) is 18.3 Å². The second kappa shape index (κ2) is 17.1. The standard InChI is InChI=1S/C35H38N4O7/c1-3-25(2)31(33(41)44-21-26-13-7-4-8-14-26)38-32(40)30(19-29-20-36-24-37-29)39(34(42)45-22-27-15-9-5-10-16-27)35(43)46-23-28-17-11-6-12-18-28/h4-18,20,24-25,30-31H,3,19,21-23H2,1-2H3,(H,36,37)(H,38,40)/t25-,30+,31-/m0/s1. The summed E-state index contributed by atoms with van der Waals surface area (Å²) in [5.41, 5.74) is 2.61. The van der Waals surface area contributed by atoms with Gasteiger partial charge in [-0.1, -0.05) is 111 Å². The average molecular weight is 627 g/mol. The van der Waals surface area contributed by atoms with Gasteiger partial charge in [0.15, 0.2) is 0 Å². The molecule has 0 aliphatic rings. The Bertz CT molecular complexity index is 1480. The smallest absolute Gasteiger partial charge is 0.420 e. The molecule has 0 aliphatic heterocycles. The summed E-state index contributed by atoms with van der Waals surface area (Å²) in [5, 5.41) is 2.75. The van der Waals surface area contributed by atoms with E-state index in [0.29, 0.717) is 28.1 Å². The molecule has 0 aliphatic carbocycles. The molecule has 0 spiro atoms. The molecule has 0 unspecified atom stereocenters. The maximum Gasteiger partial charge on any atom is 0.420 e. The zero-order valence-corrected chi connectivity index (χ0v) is 25.8. The molecule has 0 saturated carbocycles. The van der Waals surface area contributed by atoms with Crippen molar-refractivity contribution in [3.63, 3.8) is 0 Å². The normalized spacial score (nSPS) is 12.7. The minimum absolute atomic E-state index is 0.0177. The number of nitrogens with one attached hydrogen (secondary N) is 2. The molecule has 2 N–H and O–H groups in total. The molecule has 0 fully saturated rings. The largest absolute Gasteiger partial charge is 0.459 e. The van der Waals surface area contributed by atoms with Gasteiger partial charge >= 0.3 is 18.2 Å². The number of imide groups is 1. The molecular formula is C35H38N4O7. The van der Waals surface area contributed by atoms with E-state index >= 15 is 0 Å². The topological polar surface area (TPSA) is 140 Å². The summed E-state index contributed by atoms with van der Waals surface area (Å²) in [6, 6.07) is 24.5. The van der Waals surface area contributed by atoms with Crippen LogP contribution >= 0.6 is 0 Å². The van der Waals surface area contributed by atoms with E-state index in [1.54, 1.807) is 55.5 Å². The summed E-state index contributed by atoms with van der Waals surface area (Å²) >= 11 is 0. The first-order chi connectivity index (χ1) is 22.4. The zero-order chi connectivity index (χ0) is 32.7. The number of carbonyl (C=O) groups is 4. The monoisotopic (exact) mass is 626 g/mol. The molecule has 1 aromatic heterocycles. The van der Waals surface area contributed by atoms with Crippen molar-refractivity contribution in [2.45, 2.75) is 58.6 Å². The molecule has 0 radical (unpaired) electrons. The summed E-state index contributed by atoms with van der Waals surface area (Å²) in [4.78, 5) is 62.2. The third-order valence-corrected chi connectivity index (χ3v) is 7.37. The van der Waals surface area contributed by atoms with Gasteiger partial charge in [-0.15, -0.1) is 0 Å². The van der Waals surface area contributed by atoms with Gasteiger partial charge in [-0.25, -0.2) is 19.4 Å². The van der Waals surface area contributed by atoms with E-state index in [-0.39, 0.29) is 32.2 Å². The van der Waals surface area contributed by atoms with Crippen molar-refractivity contribution in [2.24, 2.45) is 5.92 Å². The van der Waals surface area contributed by atoms with E-state index in [0.717, 1.165) is 5.56 Å². The van der Waals surface area contributed by atoms with Crippen molar-refractivity contribution in [3.05, 3.63) is 126 Å². The highest BCUT2D eigenvalue weighted by Crippen LogP contribution is 2.17. The number of hydrogen-bond donors (Lipinski definition) is 2. The van der Waals surface area contributed by atoms with Gasteiger partial charge in [-0.3, -0.25) is 4.79 Å². The lowest BCUT2D eigenvalue weighted by molar-refractivity contribution is -0.151. The van der Waals surface area contributed by atoms with Crippen LogP contribution in [0.15, 0.2) is 104 Å². The Labute approximate surface area is 267 Å². The highest BCUT2D eigenvalue weighted by molar-refractivity contribution is 5.97. The van der Waals surface area contributed by atoms with Crippen LogP contribution in [0.3, 0.4) is 0 Å². The van der Waals surface area contributed by atoms with Gasteiger partial charge in [0.25, 0.3) is 0 Å². The number of aromatic nitrogens is 2. The lowest BCUT2D eigenvalue weighted by Crippen LogP contribution is -2.57. The van der Waals surface area contributed by atoms with Crippen molar-refractivity contribution < 1.29 is 33.4 Å². The maximum absolute atomic E-state index is 14.1. The first-order valence-electron chi connectivity index (χ1n) is 15.0. The molecule has 1 heterocycles. The van der Waals surface area contributed by atoms with Gasteiger partial charge in [0.2, 0.25) is 5.91 Å². The van der Waals surface area contributed by atoms with E-state index in [1.165, 1.54) is 12.5 Å². The summed E-state index contributed by atoms with van der Waals surface area (Å²) in [5.74, 6) is -1.75. The van der Waals surface area contributed by atoms with Crippen molar-refractivity contribution in [2.75, 3.05) is 0 Å². The number of hydrogen-bond acceptors (Lipinski definition) is 8. The van der Waals surface area contributed by atoms with Crippen LogP contribution in [0.2, 0.25) is 0 Å². The zero-order valence-electron chi connectivity index (χ0n) is 25.8. The third-order valence-electron chi connectivity index (χ3n) is 7.37. The third kappa shape index (κ3) is 9.78. The molecule has 4 aromatic rings. The molecule has 240 valence electrons. The van der Waals surface area contributed by atoms with Crippen LogP contribution in [0, 0.1) is 5.92 Å². The van der Waals surface area contributed by atoms with Gasteiger partial charge in [0.05, 0.1) is 6.33 Å². The van der Waals surface area contributed by atoms with Crippen LogP contribution in [-0.4, -0.2) is 51.0 Å². The number of imidazole rings is 1. The van der Waals surface area contributed by atoms with Crippen LogP contribution in [0.1, 0.15) is 42.7 Å². The Morgan fingerprint density at radius 3 is 1.67 bits per heavy atom. The first-order valence-corrected chi connectivity index (χ1v) is 15.0. The fraction of sp³-hybridized carbons (Fsp3) is 0.286. The fourth-order valence-corrected chi connectivity index (χ4v) is 4.55. The molecule has 3 aromatic carbocycles. The molecular weight excluding hydrogens is 588 g/mol. The maximum atomic E-state index is 14.1. The number of H-pyrrole nitrogens is 1. The molecule has 0 bridgehead atoms. The number of carbonyl (C=O) groups excluding carboxylic acids is 4. The van der Waals surface area contributed by atoms with Crippen LogP contribution < -0.4 is 5.32 Å². The molecule has 3 atom stereocenters. The Kier molecular flexibility index (Phi) is 12.5. The average Bonchev–Trinajstić information content (AvgIpc) is 3.61. The number of benzene rings is 3. The Hall–Kier alpha value is -5.45. The molecule has 11 heteroatoms. The van der Waals surface area contributed by atoms with Gasteiger partial charge in [-0.2, -0.15) is 4.90 Å². The molecule has 0 saturated heterocycles. The van der Waals surface area contributed by atoms with Gasteiger partial charge in [0.1, 0.15) is 31.9 Å². The van der Waals surface area contributed by atoms with Crippen LogP contribution in [0.5, 0.6) is 0 Å². The number of aromatic amines is 1. The van der Waals surface area contributed by atoms with E-state index in [2.05, 4.69) is 15.3 Å². The summed E-state index contributed by atoms with van der Waals surface area (Å²) in [6.45, 7) is 3.40. The van der Waals surface area contributed by atoms with Crippen LogP contribution in [0.25, 0.3) is 0 Å². The number of esters is 1. The number of amides is 3. The first kappa shape index (κ1) is 33.4. The van der Waals surface area contributed by atoms with Gasteiger partial charge in [-0.05, 0) is 22.6 Å². The number of rotatable bonds is 14. The minimum atomic E-state index is -1.47. The van der Waals surface area contributed by atoms with Crippen LogP contribution in [-0.2, 0) is 50.0 Å². The van der Waals surface area contributed by atoms with Crippen molar-refractivity contribution in [3.8, 4) is 0 Å². The Morgan fingerprint density at radius 1 is 0.761 bits per heavy atom. The Balaban J connectivity index is 1.60. The highest BCUT2D eigenvalue weighted by atomic mass is 16.6. The number of ether oxygens (including phenoxy) is 3. The predicted octanol–water partition coefficient (Wildman–Crippen LogP) is 5.57. The summed E-state index contributed by atoms with van der Waals surface area (Å²) < 4.78 is 16.6. The molecule has 4 rings (SSSR count). The SMILES string of the molecule is CC[C@H](C)[C@H](NC(=O)[C@@H](Cc1cnc[nH]1)N(C(=O)OCc1ccccc1)C(=O)OCc1ccccc1)C(=O)OCc1ccccc1.